The van der Waals surface area contributed by atoms with Crippen molar-refractivity contribution in [3.8, 4) is 0 Å². The third-order valence-electron chi connectivity index (χ3n) is 4.15. The molecule has 1 aliphatic rings. The zero-order valence-corrected chi connectivity index (χ0v) is 13.3. The summed E-state index contributed by atoms with van der Waals surface area (Å²) in [7, 11) is 2.01. The van der Waals surface area contributed by atoms with Crippen molar-refractivity contribution >= 4 is 21.4 Å². The van der Waals surface area contributed by atoms with E-state index in [4.69, 9.17) is 4.98 Å². The molecular weight excluding hydrogens is 296 g/mol. The highest BCUT2D eigenvalue weighted by atomic mass is 32.1. The molecule has 0 spiro atoms. The van der Waals surface area contributed by atoms with Crippen LogP contribution in [-0.2, 0) is 6.54 Å². The molecule has 114 valence electrons. The molecule has 0 N–H and O–H groups in total. The van der Waals surface area contributed by atoms with Gasteiger partial charge in [-0.05, 0) is 18.9 Å². The Kier molecular flexibility index (Phi) is 3.49. The molecule has 0 radical (unpaired) electrons. The molecule has 7 heteroatoms. The van der Waals surface area contributed by atoms with Crippen LogP contribution in [0.25, 0.3) is 4.96 Å². The van der Waals surface area contributed by atoms with Gasteiger partial charge in [-0.3, -0.25) is 0 Å². The summed E-state index contributed by atoms with van der Waals surface area (Å²) >= 11 is 1.62. The summed E-state index contributed by atoms with van der Waals surface area (Å²) in [6, 6.07) is 1.82. The van der Waals surface area contributed by atoms with Gasteiger partial charge in [0.15, 0.2) is 0 Å². The van der Waals surface area contributed by atoms with E-state index in [-0.39, 0.29) is 0 Å². The molecule has 3 heterocycles. The standard InChI is InChI=1S/C15H18N6S/c1-20(10-13-16-7-4-8-17-13)15-19-21-9-12(18-14(21)22-15)11-5-2-3-6-11/h4,7-9,11H,2-3,5-6,10H2,1H3. The van der Waals surface area contributed by atoms with E-state index in [1.165, 1.54) is 31.4 Å². The Morgan fingerprint density at radius 3 is 2.77 bits per heavy atom. The molecule has 0 unspecified atom stereocenters. The Hall–Kier alpha value is -2.02. The second-order valence-corrected chi connectivity index (χ2v) is 6.71. The van der Waals surface area contributed by atoms with Gasteiger partial charge in [0.2, 0.25) is 10.1 Å². The van der Waals surface area contributed by atoms with E-state index >= 15 is 0 Å². The van der Waals surface area contributed by atoms with Gasteiger partial charge >= 0.3 is 0 Å². The van der Waals surface area contributed by atoms with Gasteiger partial charge in [-0.1, -0.05) is 24.2 Å². The summed E-state index contributed by atoms with van der Waals surface area (Å²) in [6.45, 7) is 0.646. The minimum absolute atomic E-state index is 0.632. The first-order valence-corrected chi connectivity index (χ1v) is 8.44. The first kappa shape index (κ1) is 13.6. The molecule has 0 aromatic carbocycles. The third kappa shape index (κ3) is 2.56. The van der Waals surface area contributed by atoms with Crippen LogP contribution in [0.3, 0.4) is 0 Å². The number of rotatable bonds is 4. The van der Waals surface area contributed by atoms with Gasteiger partial charge in [-0.2, -0.15) is 0 Å². The largest absolute Gasteiger partial charge is 0.342 e. The lowest BCUT2D eigenvalue weighted by Crippen LogP contribution is -2.18. The predicted octanol–water partition coefficient (Wildman–Crippen LogP) is 2.87. The molecular formula is C15H18N6S. The Morgan fingerprint density at radius 1 is 1.27 bits per heavy atom. The number of hydrogen-bond donors (Lipinski definition) is 0. The number of nitrogens with zero attached hydrogens (tertiary/aromatic N) is 6. The van der Waals surface area contributed by atoms with Crippen molar-refractivity contribution in [1.82, 2.24) is 24.6 Å². The van der Waals surface area contributed by atoms with Crippen molar-refractivity contribution in [2.45, 2.75) is 38.1 Å². The molecule has 1 saturated carbocycles. The first-order valence-electron chi connectivity index (χ1n) is 7.63. The Bertz CT molecular complexity index is 727. The van der Waals surface area contributed by atoms with Gasteiger partial charge in [0, 0.05) is 25.4 Å². The van der Waals surface area contributed by atoms with Crippen LogP contribution in [0.1, 0.15) is 43.1 Å². The number of fused-ring (bicyclic) bond motifs is 1. The van der Waals surface area contributed by atoms with Crippen molar-refractivity contribution in [2.75, 3.05) is 11.9 Å². The second-order valence-electron chi connectivity index (χ2n) is 5.78. The van der Waals surface area contributed by atoms with Crippen LogP contribution in [0, 0.1) is 0 Å². The molecule has 0 amide bonds. The van der Waals surface area contributed by atoms with E-state index in [0.29, 0.717) is 12.5 Å². The lowest BCUT2D eigenvalue weighted by Gasteiger charge is -2.13. The van der Waals surface area contributed by atoms with Crippen molar-refractivity contribution in [2.24, 2.45) is 0 Å². The van der Waals surface area contributed by atoms with E-state index < -0.39 is 0 Å². The van der Waals surface area contributed by atoms with Crippen molar-refractivity contribution in [1.29, 1.82) is 0 Å². The van der Waals surface area contributed by atoms with Crippen molar-refractivity contribution in [3.05, 3.63) is 36.2 Å². The summed E-state index contributed by atoms with van der Waals surface area (Å²) in [6.07, 6.45) is 10.8. The molecule has 1 aliphatic carbocycles. The summed E-state index contributed by atoms with van der Waals surface area (Å²) in [5.41, 5.74) is 1.21. The van der Waals surface area contributed by atoms with Crippen LogP contribution in [-0.4, -0.2) is 31.6 Å². The van der Waals surface area contributed by atoms with Crippen molar-refractivity contribution < 1.29 is 0 Å². The fourth-order valence-corrected chi connectivity index (χ4v) is 3.82. The highest BCUT2D eigenvalue weighted by Gasteiger charge is 2.21. The average Bonchev–Trinajstić information content (AvgIpc) is 3.23. The zero-order chi connectivity index (χ0) is 14.9. The van der Waals surface area contributed by atoms with Gasteiger partial charge in [0.1, 0.15) is 5.82 Å². The van der Waals surface area contributed by atoms with E-state index in [9.17, 15) is 0 Å². The maximum Gasteiger partial charge on any atom is 0.214 e. The molecule has 0 saturated heterocycles. The topological polar surface area (TPSA) is 59.2 Å². The fourth-order valence-electron chi connectivity index (χ4n) is 2.97. The maximum absolute atomic E-state index is 4.77. The highest BCUT2D eigenvalue weighted by molar-refractivity contribution is 7.20. The number of hydrogen-bond acceptors (Lipinski definition) is 6. The summed E-state index contributed by atoms with van der Waals surface area (Å²) in [5, 5.41) is 5.58. The number of anilines is 1. The lowest BCUT2D eigenvalue weighted by molar-refractivity contribution is 0.702. The van der Waals surface area contributed by atoms with Gasteiger partial charge in [0.05, 0.1) is 18.4 Å². The SMILES string of the molecule is CN(Cc1ncccn1)c1nn2cc(C3CCCC3)nc2s1. The molecule has 1 fully saturated rings. The van der Waals surface area contributed by atoms with Crippen LogP contribution in [0.4, 0.5) is 5.13 Å². The molecule has 0 atom stereocenters. The minimum Gasteiger partial charge on any atom is -0.342 e. The lowest BCUT2D eigenvalue weighted by atomic mass is 10.1. The monoisotopic (exact) mass is 314 g/mol. The van der Waals surface area contributed by atoms with Crippen LogP contribution >= 0.6 is 11.3 Å². The maximum atomic E-state index is 4.77. The molecule has 3 aromatic heterocycles. The predicted molar refractivity (Wildman–Crippen MR) is 86.2 cm³/mol. The molecule has 3 aromatic rings. The van der Waals surface area contributed by atoms with Crippen LogP contribution in [0.5, 0.6) is 0 Å². The van der Waals surface area contributed by atoms with Crippen LogP contribution in [0.15, 0.2) is 24.7 Å². The number of aromatic nitrogens is 5. The second kappa shape index (κ2) is 5.64. The van der Waals surface area contributed by atoms with Crippen LogP contribution in [0.2, 0.25) is 0 Å². The Balaban J connectivity index is 1.53. The molecule has 4 rings (SSSR count). The Labute approximate surface area is 132 Å². The van der Waals surface area contributed by atoms with Gasteiger partial charge in [-0.15, -0.1) is 5.10 Å². The first-order chi connectivity index (χ1) is 10.8. The number of imidazole rings is 1. The van der Waals surface area contributed by atoms with E-state index in [1.807, 2.05) is 17.6 Å². The normalized spacial score (nSPS) is 15.7. The smallest absolute Gasteiger partial charge is 0.214 e. The third-order valence-corrected chi connectivity index (χ3v) is 5.19. The van der Waals surface area contributed by atoms with E-state index in [0.717, 1.165) is 15.9 Å². The van der Waals surface area contributed by atoms with Gasteiger partial charge < -0.3 is 4.90 Å². The summed E-state index contributed by atoms with van der Waals surface area (Å²) < 4.78 is 1.91. The van der Waals surface area contributed by atoms with E-state index in [2.05, 4.69) is 26.2 Å². The Morgan fingerprint density at radius 2 is 2.05 bits per heavy atom. The molecule has 0 bridgehead atoms. The summed E-state index contributed by atoms with van der Waals surface area (Å²) in [5.74, 6) is 1.43. The quantitative estimate of drug-likeness (QED) is 0.741. The molecule has 0 aliphatic heterocycles. The van der Waals surface area contributed by atoms with Gasteiger partial charge in [-0.25, -0.2) is 19.5 Å². The highest BCUT2D eigenvalue weighted by Crippen LogP contribution is 2.34. The molecule has 6 nitrogen and oxygen atoms in total. The van der Waals surface area contributed by atoms with Gasteiger partial charge in [0.25, 0.3) is 0 Å². The van der Waals surface area contributed by atoms with E-state index in [1.54, 1.807) is 23.7 Å². The minimum atomic E-state index is 0.632. The average molecular weight is 314 g/mol. The summed E-state index contributed by atoms with van der Waals surface area (Å²) in [4.78, 5) is 16.3. The van der Waals surface area contributed by atoms with Crippen molar-refractivity contribution in [3.63, 3.8) is 0 Å². The zero-order valence-electron chi connectivity index (χ0n) is 12.5. The fraction of sp³-hybridized carbons (Fsp3) is 0.467. The molecule has 22 heavy (non-hydrogen) atoms. The van der Waals surface area contributed by atoms with Crippen LogP contribution < -0.4 is 4.90 Å².